The Labute approximate surface area is 124 Å². The Hall–Kier alpha value is -0.360. The first-order valence-electron chi connectivity index (χ1n) is 4.53. The number of anilines is 1. The maximum Gasteiger partial charge on any atom is 0.195 e. The fourth-order valence-corrected chi connectivity index (χ4v) is 4.25. The summed E-state index contributed by atoms with van der Waals surface area (Å²) in [6.45, 7) is 0. The van der Waals surface area contributed by atoms with Crippen molar-refractivity contribution >= 4 is 66.3 Å². The number of nitrogens with two attached hydrogens (primary N) is 1. The van der Waals surface area contributed by atoms with E-state index in [4.69, 9.17) is 17.3 Å². The molecule has 0 fully saturated rings. The summed E-state index contributed by atoms with van der Waals surface area (Å²) >= 11 is 14.0. The second-order valence-corrected chi connectivity index (χ2v) is 7.46. The van der Waals surface area contributed by atoms with Gasteiger partial charge in [-0.3, -0.25) is 4.79 Å². The van der Waals surface area contributed by atoms with Crippen LogP contribution in [0.25, 0.3) is 0 Å². The SMILES string of the molecule is Nc1cc(C(=O)c2cc(Br)sc2Br)ccc1Cl. The highest BCUT2D eigenvalue weighted by Gasteiger charge is 2.16. The topological polar surface area (TPSA) is 43.1 Å². The lowest BCUT2D eigenvalue weighted by atomic mass is 10.1. The highest BCUT2D eigenvalue weighted by molar-refractivity contribution is 9.12. The predicted octanol–water partition coefficient (Wildman–Crippen LogP) is 4.74. The Morgan fingerprint density at radius 2 is 2.00 bits per heavy atom. The van der Waals surface area contributed by atoms with E-state index >= 15 is 0 Å². The van der Waals surface area contributed by atoms with Gasteiger partial charge in [-0.2, -0.15) is 0 Å². The molecule has 0 aliphatic heterocycles. The number of benzene rings is 1. The minimum atomic E-state index is -0.0813. The number of hydrogen-bond donors (Lipinski definition) is 1. The molecule has 2 nitrogen and oxygen atoms in total. The molecule has 0 saturated carbocycles. The molecule has 88 valence electrons. The van der Waals surface area contributed by atoms with E-state index in [1.807, 2.05) is 0 Å². The number of ketones is 1. The van der Waals surface area contributed by atoms with Crippen LogP contribution in [0.4, 0.5) is 5.69 Å². The van der Waals surface area contributed by atoms with Crippen LogP contribution in [0.2, 0.25) is 5.02 Å². The van der Waals surface area contributed by atoms with Gasteiger partial charge in [0.05, 0.1) is 18.3 Å². The molecule has 1 aromatic heterocycles. The van der Waals surface area contributed by atoms with Gasteiger partial charge in [0.1, 0.15) is 0 Å². The fraction of sp³-hybridized carbons (Fsp3) is 0. The summed E-state index contributed by atoms with van der Waals surface area (Å²) in [5.74, 6) is -0.0813. The molecule has 0 atom stereocenters. The number of rotatable bonds is 2. The Morgan fingerprint density at radius 3 is 2.53 bits per heavy atom. The Bertz CT molecular complexity index is 597. The van der Waals surface area contributed by atoms with Gasteiger partial charge in [0.2, 0.25) is 0 Å². The van der Waals surface area contributed by atoms with E-state index in [1.54, 1.807) is 24.3 Å². The van der Waals surface area contributed by atoms with Crippen LogP contribution in [0.15, 0.2) is 31.8 Å². The molecule has 2 aromatic rings. The molecule has 2 N–H and O–H groups in total. The van der Waals surface area contributed by atoms with E-state index < -0.39 is 0 Å². The molecule has 2 rings (SSSR count). The van der Waals surface area contributed by atoms with Gasteiger partial charge in [-0.25, -0.2) is 0 Å². The second-order valence-electron chi connectivity index (χ2n) is 3.30. The monoisotopic (exact) mass is 393 g/mol. The number of thiophene rings is 1. The van der Waals surface area contributed by atoms with Crippen LogP contribution in [0.3, 0.4) is 0 Å². The molecule has 0 unspecified atom stereocenters. The van der Waals surface area contributed by atoms with Crippen LogP contribution in [-0.4, -0.2) is 5.78 Å². The maximum absolute atomic E-state index is 12.2. The smallest absolute Gasteiger partial charge is 0.195 e. The van der Waals surface area contributed by atoms with Crippen molar-refractivity contribution in [2.24, 2.45) is 0 Å². The molecule has 1 aromatic carbocycles. The van der Waals surface area contributed by atoms with E-state index in [0.29, 0.717) is 21.8 Å². The summed E-state index contributed by atoms with van der Waals surface area (Å²) in [5.41, 5.74) is 7.22. The van der Waals surface area contributed by atoms with Gasteiger partial charge in [0.25, 0.3) is 0 Å². The van der Waals surface area contributed by atoms with E-state index in [0.717, 1.165) is 7.57 Å². The van der Waals surface area contributed by atoms with Crippen LogP contribution in [0.1, 0.15) is 15.9 Å². The Morgan fingerprint density at radius 1 is 1.29 bits per heavy atom. The summed E-state index contributed by atoms with van der Waals surface area (Å²) in [4.78, 5) is 12.2. The number of hydrogen-bond acceptors (Lipinski definition) is 3. The number of carbonyl (C=O) groups is 1. The van der Waals surface area contributed by atoms with Gasteiger partial charge in [-0.05, 0) is 56.1 Å². The van der Waals surface area contributed by atoms with Crippen molar-refractivity contribution < 1.29 is 4.79 Å². The van der Waals surface area contributed by atoms with Crippen LogP contribution >= 0.6 is 54.8 Å². The lowest BCUT2D eigenvalue weighted by molar-refractivity contribution is 0.103. The van der Waals surface area contributed by atoms with Crippen molar-refractivity contribution in [3.05, 3.63) is 48.0 Å². The predicted molar refractivity (Wildman–Crippen MR) is 79.0 cm³/mol. The molecular formula is C11H6Br2ClNOS. The van der Waals surface area contributed by atoms with E-state index in [9.17, 15) is 4.79 Å². The molecular weight excluding hydrogens is 389 g/mol. The zero-order valence-electron chi connectivity index (χ0n) is 8.34. The third kappa shape index (κ3) is 2.73. The van der Waals surface area contributed by atoms with Crippen molar-refractivity contribution in [3.8, 4) is 0 Å². The first-order chi connectivity index (χ1) is 7.99. The number of carbonyl (C=O) groups excluding carboxylic acids is 1. The summed E-state index contributed by atoms with van der Waals surface area (Å²) in [6, 6.07) is 6.66. The quantitative estimate of drug-likeness (QED) is 0.590. The molecule has 0 aliphatic rings. The van der Waals surface area contributed by atoms with Crippen LogP contribution in [-0.2, 0) is 0 Å². The summed E-state index contributed by atoms with van der Waals surface area (Å²) in [7, 11) is 0. The zero-order chi connectivity index (χ0) is 12.6. The van der Waals surface area contributed by atoms with E-state index in [-0.39, 0.29) is 5.78 Å². The van der Waals surface area contributed by atoms with Gasteiger partial charge in [-0.1, -0.05) is 11.6 Å². The van der Waals surface area contributed by atoms with Gasteiger partial charge in [-0.15, -0.1) is 11.3 Å². The molecule has 17 heavy (non-hydrogen) atoms. The highest BCUT2D eigenvalue weighted by Crippen LogP contribution is 2.33. The van der Waals surface area contributed by atoms with E-state index in [2.05, 4.69) is 31.9 Å². The molecule has 0 amide bonds. The Kier molecular flexibility index (Phi) is 3.92. The van der Waals surface area contributed by atoms with Gasteiger partial charge < -0.3 is 5.73 Å². The minimum absolute atomic E-state index is 0.0813. The van der Waals surface area contributed by atoms with Gasteiger partial charge in [0.15, 0.2) is 5.78 Å². The average molecular weight is 396 g/mol. The first kappa shape index (κ1) is 13.1. The highest BCUT2D eigenvalue weighted by atomic mass is 79.9. The minimum Gasteiger partial charge on any atom is -0.398 e. The van der Waals surface area contributed by atoms with Crippen LogP contribution in [0, 0.1) is 0 Å². The van der Waals surface area contributed by atoms with Crippen molar-refractivity contribution in [1.29, 1.82) is 0 Å². The third-order valence-corrected chi connectivity index (χ3v) is 4.84. The fourth-order valence-electron chi connectivity index (χ4n) is 1.34. The molecule has 0 aliphatic carbocycles. The molecule has 0 radical (unpaired) electrons. The molecule has 0 saturated heterocycles. The van der Waals surface area contributed by atoms with E-state index in [1.165, 1.54) is 11.3 Å². The Balaban J connectivity index is 2.44. The normalized spacial score (nSPS) is 10.5. The average Bonchev–Trinajstić information content (AvgIpc) is 2.61. The molecule has 0 bridgehead atoms. The summed E-state index contributed by atoms with van der Waals surface area (Å²) < 4.78 is 1.69. The van der Waals surface area contributed by atoms with Crippen LogP contribution < -0.4 is 5.73 Å². The standard InChI is InChI=1S/C11H6Br2ClNOS/c12-9-4-6(11(13)17-9)10(16)5-1-2-7(14)8(15)3-5/h1-4H,15H2. The van der Waals surface area contributed by atoms with Crippen molar-refractivity contribution in [2.75, 3.05) is 5.73 Å². The molecule has 6 heteroatoms. The lowest BCUT2D eigenvalue weighted by Gasteiger charge is -2.02. The first-order valence-corrected chi connectivity index (χ1v) is 7.31. The maximum atomic E-state index is 12.2. The van der Waals surface area contributed by atoms with Crippen molar-refractivity contribution in [1.82, 2.24) is 0 Å². The lowest BCUT2D eigenvalue weighted by Crippen LogP contribution is -2.01. The zero-order valence-corrected chi connectivity index (χ0v) is 13.1. The third-order valence-electron chi connectivity index (χ3n) is 2.16. The number of nitrogen functional groups attached to an aromatic ring is 1. The largest absolute Gasteiger partial charge is 0.398 e. The van der Waals surface area contributed by atoms with Gasteiger partial charge >= 0.3 is 0 Å². The van der Waals surface area contributed by atoms with Gasteiger partial charge in [0, 0.05) is 11.1 Å². The molecule has 0 spiro atoms. The number of halogens is 3. The van der Waals surface area contributed by atoms with Crippen LogP contribution in [0.5, 0.6) is 0 Å². The summed E-state index contributed by atoms with van der Waals surface area (Å²) in [5, 5.41) is 0.451. The molecule has 1 heterocycles. The van der Waals surface area contributed by atoms with Crippen molar-refractivity contribution in [2.45, 2.75) is 0 Å². The second kappa shape index (κ2) is 5.10. The van der Waals surface area contributed by atoms with Crippen molar-refractivity contribution in [3.63, 3.8) is 0 Å². The summed E-state index contributed by atoms with van der Waals surface area (Å²) in [6.07, 6.45) is 0.